The van der Waals surface area contributed by atoms with Crippen molar-refractivity contribution in [3.05, 3.63) is 74.9 Å². The van der Waals surface area contributed by atoms with Gasteiger partial charge in [-0.05, 0) is 53.3 Å². The molecule has 0 saturated heterocycles. The SMILES string of the molecule is COc1cc2c(cc1OC)[C@H](c1cccs1)N(CC(=O)Nc1ccccc1Cl)CC2. The van der Waals surface area contributed by atoms with E-state index in [4.69, 9.17) is 21.1 Å². The van der Waals surface area contributed by atoms with Gasteiger partial charge in [0.1, 0.15) is 0 Å². The van der Waals surface area contributed by atoms with E-state index >= 15 is 0 Å². The Morgan fingerprint density at radius 1 is 1.17 bits per heavy atom. The van der Waals surface area contributed by atoms with E-state index in [0.717, 1.165) is 24.3 Å². The number of anilines is 1. The Labute approximate surface area is 185 Å². The van der Waals surface area contributed by atoms with E-state index in [1.807, 2.05) is 24.3 Å². The van der Waals surface area contributed by atoms with E-state index in [0.29, 0.717) is 16.5 Å². The molecule has 7 heteroatoms. The molecule has 2 heterocycles. The van der Waals surface area contributed by atoms with Crippen LogP contribution in [0.3, 0.4) is 0 Å². The van der Waals surface area contributed by atoms with E-state index in [1.54, 1.807) is 37.7 Å². The molecule has 1 N–H and O–H groups in total. The molecule has 0 aliphatic carbocycles. The van der Waals surface area contributed by atoms with Crippen molar-refractivity contribution in [1.29, 1.82) is 0 Å². The van der Waals surface area contributed by atoms with Crippen LogP contribution in [0.5, 0.6) is 11.5 Å². The van der Waals surface area contributed by atoms with Crippen LogP contribution in [0.2, 0.25) is 5.02 Å². The van der Waals surface area contributed by atoms with Crippen molar-refractivity contribution in [2.75, 3.05) is 32.6 Å². The molecule has 0 unspecified atom stereocenters. The lowest BCUT2D eigenvalue weighted by atomic mass is 9.91. The van der Waals surface area contributed by atoms with E-state index < -0.39 is 0 Å². The number of halogens is 1. The van der Waals surface area contributed by atoms with Crippen molar-refractivity contribution in [2.45, 2.75) is 12.5 Å². The molecule has 30 heavy (non-hydrogen) atoms. The highest BCUT2D eigenvalue weighted by Gasteiger charge is 2.32. The number of nitrogens with zero attached hydrogens (tertiary/aromatic N) is 1. The molecule has 156 valence electrons. The molecule has 1 aromatic heterocycles. The third kappa shape index (κ3) is 4.17. The van der Waals surface area contributed by atoms with E-state index in [2.05, 4.69) is 27.7 Å². The molecule has 5 nitrogen and oxygen atoms in total. The molecule has 1 atom stereocenters. The van der Waals surface area contributed by atoms with Gasteiger partial charge in [0, 0.05) is 11.4 Å². The molecule has 0 fully saturated rings. The molecule has 1 aliphatic rings. The summed E-state index contributed by atoms with van der Waals surface area (Å²) in [5.41, 5.74) is 2.99. The number of ether oxygens (including phenoxy) is 2. The van der Waals surface area contributed by atoms with Crippen LogP contribution in [0.4, 0.5) is 5.69 Å². The topological polar surface area (TPSA) is 50.8 Å². The predicted molar refractivity (Wildman–Crippen MR) is 121 cm³/mol. The summed E-state index contributed by atoms with van der Waals surface area (Å²) in [7, 11) is 3.29. The fourth-order valence-corrected chi connectivity index (χ4v) is 4.94. The second-order valence-electron chi connectivity index (χ2n) is 7.07. The molecule has 1 amide bonds. The van der Waals surface area contributed by atoms with Crippen LogP contribution < -0.4 is 14.8 Å². The normalized spacial score (nSPS) is 16.0. The van der Waals surface area contributed by atoms with Crippen LogP contribution in [0.1, 0.15) is 22.0 Å². The fourth-order valence-electron chi connectivity index (χ4n) is 3.88. The molecule has 3 aromatic rings. The summed E-state index contributed by atoms with van der Waals surface area (Å²) in [6, 6.07) is 15.5. The third-order valence-electron chi connectivity index (χ3n) is 5.28. The van der Waals surface area contributed by atoms with Crippen molar-refractivity contribution < 1.29 is 14.3 Å². The van der Waals surface area contributed by atoms with Crippen molar-refractivity contribution in [3.8, 4) is 11.5 Å². The van der Waals surface area contributed by atoms with E-state index in [-0.39, 0.29) is 18.5 Å². The maximum Gasteiger partial charge on any atom is 0.238 e. The van der Waals surface area contributed by atoms with Crippen molar-refractivity contribution >= 4 is 34.5 Å². The number of carbonyl (C=O) groups is 1. The number of thiophene rings is 1. The maximum absolute atomic E-state index is 12.8. The maximum atomic E-state index is 12.8. The smallest absolute Gasteiger partial charge is 0.238 e. The van der Waals surface area contributed by atoms with Crippen molar-refractivity contribution in [3.63, 3.8) is 0 Å². The number of rotatable bonds is 6. The number of benzene rings is 2. The number of methoxy groups -OCH3 is 2. The average Bonchev–Trinajstić information content (AvgIpc) is 3.28. The Kier molecular flexibility index (Phi) is 6.27. The summed E-state index contributed by atoms with van der Waals surface area (Å²) in [4.78, 5) is 16.2. The minimum atomic E-state index is -0.0893. The summed E-state index contributed by atoms with van der Waals surface area (Å²) in [6.07, 6.45) is 0.830. The first kappa shape index (κ1) is 20.7. The highest BCUT2D eigenvalue weighted by molar-refractivity contribution is 7.10. The highest BCUT2D eigenvalue weighted by Crippen LogP contribution is 2.42. The summed E-state index contributed by atoms with van der Waals surface area (Å²) >= 11 is 7.88. The lowest BCUT2D eigenvalue weighted by molar-refractivity contribution is -0.117. The summed E-state index contributed by atoms with van der Waals surface area (Å²) in [5, 5.41) is 5.53. The molecule has 4 rings (SSSR count). The second kappa shape index (κ2) is 9.08. The van der Waals surface area contributed by atoms with Gasteiger partial charge in [0.15, 0.2) is 11.5 Å². The predicted octanol–water partition coefficient (Wildman–Crippen LogP) is 5.00. The first-order chi connectivity index (χ1) is 14.6. The molecule has 0 spiro atoms. The largest absolute Gasteiger partial charge is 0.493 e. The summed E-state index contributed by atoms with van der Waals surface area (Å²) in [5.74, 6) is 1.33. The standard InChI is InChI=1S/C23H23ClN2O3S/c1-28-19-12-15-9-10-26(14-22(27)25-18-7-4-3-6-17(18)24)23(21-8-5-11-30-21)16(15)13-20(19)29-2/h3-8,11-13,23H,9-10,14H2,1-2H3,(H,25,27)/t23-/m1/s1. The van der Waals surface area contributed by atoms with Crippen LogP contribution in [0.15, 0.2) is 53.9 Å². The van der Waals surface area contributed by atoms with Gasteiger partial charge in [-0.1, -0.05) is 29.8 Å². The van der Waals surface area contributed by atoms with E-state index in [1.165, 1.54) is 10.4 Å². The fraction of sp³-hybridized carbons (Fsp3) is 0.261. The van der Waals surface area contributed by atoms with Gasteiger partial charge in [-0.15, -0.1) is 11.3 Å². The molecule has 0 radical (unpaired) electrons. The average molecular weight is 443 g/mol. The summed E-state index contributed by atoms with van der Waals surface area (Å²) in [6.45, 7) is 1.03. The molecule has 1 aliphatic heterocycles. The molecule has 0 bridgehead atoms. The van der Waals surface area contributed by atoms with Gasteiger partial charge in [0.25, 0.3) is 0 Å². The second-order valence-corrected chi connectivity index (χ2v) is 8.46. The monoisotopic (exact) mass is 442 g/mol. The third-order valence-corrected chi connectivity index (χ3v) is 6.54. The van der Waals surface area contributed by atoms with Crippen LogP contribution in [0.25, 0.3) is 0 Å². The van der Waals surface area contributed by atoms with Crippen molar-refractivity contribution in [2.24, 2.45) is 0 Å². The number of amides is 1. The van der Waals surface area contributed by atoms with Crippen LogP contribution in [-0.2, 0) is 11.2 Å². The quantitative estimate of drug-likeness (QED) is 0.583. The van der Waals surface area contributed by atoms with Gasteiger partial charge in [0.2, 0.25) is 5.91 Å². The van der Waals surface area contributed by atoms with Gasteiger partial charge < -0.3 is 14.8 Å². The number of para-hydroxylation sites is 1. The van der Waals surface area contributed by atoms with Gasteiger partial charge in [-0.2, -0.15) is 0 Å². The van der Waals surface area contributed by atoms with Gasteiger partial charge in [-0.3, -0.25) is 9.69 Å². The Morgan fingerprint density at radius 2 is 1.93 bits per heavy atom. The van der Waals surface area contributed by atoms with Gasteiger partial charge in [0.05, 0.1) is 37.5 Å². The van der Waals surface area contributed by atoms with Crippen LogP contribution >= 0.6 is 22.9 Å². The highest BCUT2D eigenvalue weighted by atomic mass is 35.5. The number of nitrogens with one attached hydrogen (secondary N) is 1. The zero-order valence-corrected chi connectivity index (χ0v) is 18.4. The number of hydrogen-bond acceptors (Lipinski definition) is 5. The van der Waals surface area contributed by atoms with Gasteiger partial charge in [-0.25, -0.2) is 0 Å². The Bertz CT molecular complexity index is 1040. The summed E-state index contributed by atoms with van der Waals surface area (Å²) < 4.78 is 11.0. The van der Waals surface area contributed by atoms with Gasteiger partial charge >= 0.3 is 0 Å². The minimum absolute atomic E-state index is 0.0226. The zero-order valence-electron chi connectivity index (χ0n) is 16.9. The number of hydrogen-bond donors (Lipinski definition) is 1. The minimum Gasteiger partial charge on any atom is -0.493 e. The lowest BCUT2D eigenvalue weighted by Gasteiger charge is -2.37. The van der Waals surface area contributed by atoms with Crippen molar-refractivity contribution in [1.82, 2.24) is 4.90 Å². The number of carbonyl (C=O) groups excluding carboxylic acids is 1. The van der Waals surface area contributed by atoms with Crippen LogP contribution in [-0.4, -0.2) is 38.1 Å². The number of fused-ring (bicyclic) bond motifs is 1. The zero-order chi connectivity index (χ0) is 21.1. The lowest BCUT2D eigenvalue weighted by Crippen LogP contribution is -2.41. The first-order valence-electron chi connectivity index (χ1n) is 9.67. The molecular weight excluding hydrogens is 420 g/mol. The van der Waals surface area contributed by atoms with Crippen LogP contribution in [0, 0.1) is 0 Å². The molecular formula is C23H23ClN2O3S. The molecule has 2 aromatic carbocycles. The van der Waals surface area contributed by atoms with E-state index in [9.17, 15) is 4.79 Å². The Balaban J connectivity index is 1.64. The first-order valence-corrected chi connectivity index (χ1v) is 10.9. The Morgan fingerprint density at radius 3 is 2.63 bits per heavy atom. The molecule has 0 saturated carbocycles. The Hall–Kier alpha value is -2.54.